The number of hydrogen-bond donors (Lipinski definition) is 0. The maximum Gasteiger partial charge on any atom is 0.410 e. The number of carbonyl (C=O) groups excluding carboxylic acids is 2. The van der Waals surface area contributed by atoms with Gasteiger partial charge in [0.15, 0.2) is 0 Å². The number of hydrogen-bond acceptors (Lipinski definition) is 3. The van der Waals surface area contributed by atoms with E-state index in [1.165, 1.54) is 0 Å². The largest absolute Gasteiger partial charge is 0.444 e. The van der Waals surface area contributed by atoms with Crippen LogP contribution in [0.5, 0.6) is 0 Å². The maximum absolute atomic E-state index is 12.7. The molecule has 132 valence electrons. The molecule has 24 heavy (non-hydrogen) atoms. The highest BCUT2D eigenvalue weighted by Gasteiger charge is 2.33. The molecule has 6 heteroatoms. The van der Waals surface area contributed by atoms with Gasteiger partial charge in [0.2, 0.25) is 0 Å². The standard InChI is InChI=1S/C18H25BrN2O3/c1-12-6-7-15(19)14(10-12)16(22)21-9-8-13(11-21)20(5)17(23)24-18(2,3)4/h6-7,10,13H,8-9,11H2,1-5H3/t13-/m1/s1. The van der Waals surface area contributed by atoms with Gasteiger partial charge in [0, 0.05) is 24.6 Å². The summed E-state index contributed by atoms with van der Waals surface area (Å²) in [6.45, 7) is 8.66. The van der Waals surface area contributed by atoms with Crippen LogP contribution in [-0.4, -0.2) is 53.6 Å². The summed E-state index contributed by atoms with van der Waals surface area (Å²) < 4.78 is 6.20. The maximum atomic E-state index is 12.7. The fourth-order valence-corrected chi connectivity index (χ4v) is 3.11. The summed E-state index contributed by atoms with van der Waals surface area (Å²) in [5.41, 5.74) is 1.19. The van der Waals surface area contributed by atoms with Gasteiger partial charge < -0.3 is 14.5 Å². The average Bonchev–Trinajstić information content (AvgIpc) is 2.96. The molecular weight excluding hydrogens is 372 g/mol. The van der Waals surface area contributed by atoms with Gasteiger partial charge in [0.1, 0.15) is 5.60 Å². The van der Waals surface area contributed by atoms with E-state index in [9.17, 15) is 9.59 Å². The normalized spacial score (nSPS) is 17.8. The molecular formula is C18H25BrN2O3. The number of ether oxygens (including phenoxy) is 1. The highest BCUT2D eigenvalue weighted by molar-refractivity contribution is 9.10. The van der Waals surface area contributed by atoms with Crippen LogP contribution in [0, 0.1) is 6.92 Å². The van der Waals surface area contributed by atoms with E-state index in [-0.39, 0.29) is 18.0 Å². The number of rotatable bonds is 2. The first-order valence-corrected chi connectivity index (χ1v) is 8.89. The summed E-state index contributed by atoms with van der Waals surface area (Å²) in [6.07, 6.45) is 0.406. The number of benzene rings is 1. The van der Waals surface area contributed by atoms with E-state index in [1.54, 1.807) is 16.8 Å². The van der Waals surface area contributed by atoms with Crippen LogP contribution in [-0.2, 0) is 4.74 Å². The van der Waals surface area contributed by atoms with Crippen molar-refractivity contribution in [2.24, 2.45) is 0 Å². The van der Waals surface area contributed by atoms with Crippen LogP contribution in [0.3, 0.4) is 0 Å². The number of halogens is 1. The molecule has 0 spiro atoms. The van der Waals surface area contributed by atoms with Crippen molar-refractivity contribution in [1.29, 1.82) is 0 Å². The van der Waals surface area contributed by atoms with Crippen LogP contribution in [0.15, 0.2) is 22.7 Å². The van der Waals surface area contributed by atoms with Gasteiger partial charge >= 0.3 is 6.09 Å². The van der Waals surface area contributed by atoms with Gasteiger partial charge in [0.05, 0.1) is 11.6 Å². The molecule has 5 nitrogen and oxygen atoms in total. The molecule has 0 aliphatic carbocycles. The molecule has 0 aromatic heterocycles. The number of nitrogens with zero attached hydrogens (tertiary/aromatic N) is 2. The van der Waals surface area contributed by atoms with Crippen molar-refractivity contribution in [3.05, 3.63) is 33.8 Å². The number of aryl methyl sites for hydroxylation is 1. The zero-order valence-corrected chi connectivity index (χ0v) is 16.5. The van der Waals surface area contributed by atoms with Crippen LogP contribution in [0.1, 0.15) is 43.1 Å². The summed E-state index contributed by atoms with van der Waals surface area (Å²) in [5.74, 6) is -0.00864. The fourth-order valence-electron chi connectivity index (χ4n) is 2.70. The predicted molar refractivity (Wildman–Crippen MR) is 97.2 cm³/mol. The van der Waals surface area contributed by atoms with Crippen molar-refractivity contribution >= 4 is 27.9 Å². The Hall–Kier alpha value is -1.56. The van der Waals surface area contributed by atoms with Gasteiger partial charge in [-0.1, -0.05) is 11.6 Å². The van der Waals surface area contributed by atoms with Gasteiger partial charge in [-0.3, -0.25) is 4.79 Å². The van der Waals surface area contributed by atoms with E-state index in [4.69, 9.17) is 4.74 Å². The summed E-state index contributed by atoms with van der Waals surface area (Å²) in [4.78, 5) is 28.3. The summed E-state index contributed by atoms with van der Waals surface area (Å²) in [5, 5.41) is 0. The van der Waals surface area contributed by atoms with E-state index in [0.717, 1.165) is 16.5 Å². The minimum Gasteiger partial charge on any atom is -0.444 e. The van der Waals surface area contributed by atoms with Crippen LogP contribution in [0.4, 0.5) is 4.79 Å². The van der Waals surface area contributed by atoms with Gasteiger partial charge in [-0.2, -0.15) is 0 Å². The molecule has 0 unspecified atom stereocenters. The zero-order valence-electron chi connectivity index (χ0n) is 14.9. The Morgan fingerprint density at radius 1 is 1.33 bits per heavy atom. The lowest BCUT2D eigenvalue weighted by atomic mass is 10.1. The molecule has 1 saturated heterocycles. The van der Waals surface area contributed by atoms with Crippen molar-refractivity contribution in [2.75, 3.05) is 20.1 Å². The molecule has 2 amide bonds. The Balaban J connectivity index is 2.03. The Morgan fingerprint density at radius 2 is 2.00 bits per heavy atom. The molecule has 0 radical (unpaired) electrons. The van der Waals surface area contributed by atoms with Gasteiger partial charge in [-0.25, -0.2) is 4.79 Å². The van der Waals surface area contributed by atoms with Gasteiger partial charge in [-0.05, 0) is 62.2 Å². The van der Waals surface area contributed by atoms with Crippen molar-refractivity contribution < 1.29 is 14.3 Å². The smallest absolute Gasteiger partial charge is 0.410 e. The van der Waals surface area contributed by atoms with E-state index in [0.29, 0.717) is 18.7 Å². The molecule has 0 saturated carbocycles. The second-order valence-electron chi connectivity index (χ2n) is 7.27. The van der Waals surface area contributed by atoms with Gasteiger partial charge in [0.25, 0.3) is 5.91 Å². The molecule has 1 heterocycles. The van der Waals surface area contributed by atoms with E-state index in [2.05, 4.69) is 15.9 Å². The lowest BCUT2D eigenvalue weighted by Gasteiger charge is -2.28. The van der Waals surface area contributed by atoms with E-state index < -0.39 is 5.60 Å². The molecule has 1 fully saturated rings. The summed E-state index contributed by atoms with van der Waals surface area (Å²) >= 11 is 3.45. The summed E-state index contributed by atoms with van der Waals surface area (Å²) in [6, 6.07) is 5.72. The molecule has 1 aliphatic heterocycles. The molecule has 1 aromatic carbocycles. The molecule has 0 N–H and O–H groups in total. The third-order valence-corrected chi connectivity index (χ3v) is 4.72. The van der Waals surface area contributed by atoms with Crippen LogP contribution >= 0.6 is 15.9 Å². The Kier molecular flexibility index (Phi) is 5.58. The van der Waals surface area contributed by atoms with Crippen LogP contribution in [0.2, 0.25) is 0 Å². The zero-order chi connectivity index (χ0) is 18.1. The van der Waals surface area contributed by atoms with Crippen molar-refractivity contribution in [1.82, 2.24) is 9.80 Å². The Morgan fingerprint density at radius 3 is 2.62 bits per heavy atom. The minimum atomic E-state index is -0.522. The second kappa shape index (κ2) is 7.13. The Labute approximate surface area is 152 Å². The quantitative estimate of drug-likeness (QED) is 0.762. The van der Waals surface area contributed by atoms with Crippen molar-refractivity contribution in [3.63, 3.8) is 0 Å². The number of amides is 2. The van der Waals surface area contributed by atoms with Crippen LogP contribution in [0.25, 0.3) is 0 Å². The number of likely N-dealkylation sites (N-methyl/N-ethyl adjacent to an activating group) is 1. The number of carbonyl (C=O) groups is 2. The topological polar surface area (TPSA) is 49.9 Å². The first kappa shape index (κ1) is 18.8. The van der Waals surface area contributed by atoms with Crippen molar-refractivity contribution in [3.8, 4) is 0 Å². The van der Waals surface area contributed by atoms with Crippen LogP contribution < -0.4 is 0 Å². The van der Waals surface area contributed by atoms with Gasteiger partial charge in [-0.15, -0.1) is 0 Å². The molecule has 0 bridgehead atoms. The molecule has 1 aliphatic rings. The first-order valence-electron chi connectivity index (χ1n) is 8.10. The lowest BCUT2D eigenvalue weighted by Crippen LogP contribution is -2.42. The monoisotopic (exact) mass is 396 g/mol. The highest BCUT2D eigenvalue weighted by Crippen LogP contribution is 2.24. The van der Waals surface area contributed by atoms with Crippen molar-refractivity contribution in [2.45, 2.75) is 45.8 Å². The molecule has 1 atom stereocenters. The number of likely N-dealkylation sites (tertiary alicyclic amines) is 1. The Bertz CT molecular complexity index is 640. The first-order chi connectivity index (χ1) is 11.1. The van der Waals surface area contributed by atoms with E-state index >= 15 is 0 Å². The molecule has 2 rings (SSSR count). The van der Waals surface area contributed by atoms with E-state index in [1.807, 2.05) is 45.9 Å². The second-order valence-corrected chi connectivity index (χ2v) is 8.12. The summed E-state index contributed by atoms with van der Waals surface area (Å²) in [7, 11) is 1.73. The highest BCUT2D eigenvalue weighted by atomic mass is 79.9. The third kappa shape index (κ3) is 4.50. The minimum absolute atomic E-state index is 0.00864. The fraction of sp³-hybridized carbons (Fsp3) is 0.556. The average molecular weight is 397 g/mol. The predicted octanol–water partition coefficient (Wildman–Crippen LogP) is 3.84. The lowest BCUT2D eigenvalue weighted by molar-refractivity contribution is 0.0226. The molecule has 1 aromatic rings. The SMILES string of the molecule is Cc1ccc(Br)c(C(=O)N2CC[C@@H](N(C)C(=O)OC(C)(C)C)C2)c1. The third-order valence-electron chi connectivity index (χ3n) is 4.03.